The van der Waals surface area contributed by atoms with Crippen LogP contribution in [0.25, 0.3) is 11.5 Å². The molecule has 6 heteroatoms. The molecule has 0 spiro atoms. The van der Waals surface area contributed by atoms with Crippen molar-refractivity contribution in [2.75, 3.05) is 13.7 Å². The van der Waals surface area contributed by atoms with Crippen LogP contribution in [0.4, 0.5) is 0 Å². The molecule has 3 aromatic rings. The average molecular weight is 352 g/mol. The predicted molar refractivity (Wildman–Crippen MR) is 94.8 cm³/mol. The van der Waals surface area contributed by atoms with Gasteiger partial charge in [0, 0.05) is 12.6 Å². The lowest BCUT2D eigenvalue weighted by Crippen LogP contribution is -2.36. The molecule has 134 valence electrons. The van der Waals surface area contributed by atoms with Crippen LogP contribution in [0.2, 0.25) is 0 Å². The number of benzene rings is 1. The number of amides is 1. The summed E-state index contributed by atoms with van der Waals surface area (Å²) in [5, 5.41) is 7.13. The highest BCUT2D eigenvalue weighted by Crippen LogP contribution is 2.48. The first-order chi connectivity index (χ1) is 12.7. The van der Waals surface area contributed by atoms with E-state index in [2.05, 4.69) is 10.5 Å². The van der Waals surface area contributed by atoms with E-state index in [-0.39, 0.29) is 5.91 Å². The SMILES string of the molecule is COc1cccc(CCNC(=O)C2(c3cc(-c4ccco4)on3)CC2)c1. The van der Waals surface area contributed by atoms with Crippen LogP contribution in [0.3, 0.4) is 0 Å². The van der Waals surface area contributed by atoms with Crippen LogP contribution in [0.15, 0.2) is 57.7 Å². The topological polar surface area (TPSA) is 77.5 Å². The summed E-state index contributed by atoms with van der Waals surface area (Å²) in [4.78, 5) is 12.7. The summed E-state index contributed by atoms with van der Waals surface area (Å²) in [7, 11) is 1.65. The van der Waals surface area contributed by atoms with Gasteiger partial charge in [0.1, 0.15) is 5.75 Å². The van der Waals surface area contributed by atoms with Gasteiger partial charge in [-0.1, -0.05) is 17.3 Å². The number of ether oxygens (including phenoxy) is 1. The molecule has 0 saturated heterocycles. The van der Waals surface area contributed by atoms with Gasteiger partial charge in [0.05, 0.1) is 24.5 Å². The van der Waals surface area contributed by atoms with Crippen LogP contribution in [-0.4, -0.2) is 24.7 Å². The maximum atomic E-state index is 12.7. The summed E-state index contributed by atoms with van der Waals surface area (Å²) in [6.45, 7) is 0.566. The number of nitrogens with one attached hydrogen (secondary N) is 1. The van der Waals surface area contributed by atoms with Crippen LogP contribution in [-0.2, 0) is 16.6 Å². The number of aromatic nitrogens is 1. The van der Waals surface area contributed by atoms with E-state index in [9.17, 15) is 4.79 Å². The maximum Gasteiger partial charge on any atom is 0.232 e. The molecule has 1 aliphatic rings. The van der Waals surface area contributed by atoms with E-state index >= 15 is 0 Å². The van der Waals surface area contributed by atoms with Gasteiger partial charge in [-0.25, -0.2) is 0 Å². The molecule has 1 saturated carbocycles. The lowest BCUT2D eigenvalue weighted by atomic mass is 10.0. The fourth-order valence-electron chi connectivity index (χ4n) is 3.08. The van der Waals surface area contributed by atoms with Gasteiger partial charge in [-0.15, -0.1) is 0 Å². The molecule has 0 radical (unpaired) electrons. The van der Waals surface area contributed by atoms with Crippen molar-refractivity contribution in [3.8, 4) is 17.3 Å². The van der Waals surface area contributed by atoms with Crippen molar-refractivity contribution in [1.82, 2.24) is 10.5 Å². The van der Waals surface area contributed by atoms with E-state index < -0.39 is 5.41 Å². The number of carbonyl (C=O) groups is 1. The van der Waals surface area contributed by atoms with Gasteiger partial charge in [0.2, 0.25) is 11.7 Å². The molecular formula is C20H20N2O4. The van der Waals surface area contributed by atoms with E-state index in [4.69, 9.17) is 13.7 Å². The highest BCUT2D eigenvalue weighted by atomic mass is 16.5. The van der Waals surface area contributed by atoms with Crippen molar-refractivity contribution in [1.29, 1.82) is 0 Å². The molecule has 1 amide bonds. The van der Waals surface area contributed by atoms with Gasteiger partial charge in [-0.3, -0.25) is 4.79 Å². The highest BCUT2D eigenvalue weighted by Gasteiger charge is 2.53. The summed E-state index contributed by atoms with van der Waals surface area (Å²) in [6.07, 6.45) is 3.88. The first-order valence-corrected chi connectivity index (χ1v) is 8.63. The molecule has 1 aliphatic carbocycles. The number of hydrogen-bond donors (Lipinski definition) is 1. The average Bonchev–Trinajstić information content (AvgIpc) is 3.09. The zero-order valence-electron chi connectivity index (χ0n) is 14.5. The molecule has 2 aromatic heterocycles. The van der Waals surface area contributed by atoms with Gasteiger partial charge in [-0.2, -0.15) is 0 Å². The molecule has 1 fully saturated rings. The Bertz CT molecular complexity index is 894. The first kappa shape index (κ1) is 16.4. The van der Waals surface area contributed by atoms with E-state index in [1.165, 1.54) is 0 Å². The van der Waals surface area contributed by atoms with Crippen molar-refractivity contribution in [3.63, 3.8) is 0 Å². The smallest absolute Gasteiger partial charge is 0.232 e. The second kappa shape index (κ2) is 6.71. The quantitative estimate of drug-likeness (QED) is 0.706. The molecule has 1 aromatic carbocycles. The largest absolute Gasteiger partial charge is 0.497 e. The monoisotopic (exact) mass is 352 g/mol. The third-order valence-electron chi connectivity index (χ3n) is 4.78. The molecule has 0 unspecified atom stereocenters. The van der Waals surface area contributed by atoms with Crippen LogP contribution in [0, 0.1) is 0 Å². The van der Waals surface area contributed by atoms with Gasteiger partial charge < -0.3 is 19.0 Å². The Morgan fingerprint density at radius 1 is 1.23 bits per heavy atom. The van der Waals surface area contributed by atoms with Crippen LogP contribution in [0.5, 0.6) is 5.75 Å². The van der Waals surface area contributed by atoms with E-state index in [1.807, 2.05) is 24.3 Å². The minimum Gasteiger partial charge on any atom is -0.497 e. The van der Waals surface area contributed by atoms with Crippen molar-refractivity contribution in [3.05, 3.63) is 60.0 Å². The Morgan fingerprint density at radius 3 is 2.85 bits per heavy atom. The summed E-state index contributed by atoms with van der Waals surface area (Å²) < 4.78 is 15.9. The lowest BCUT2D eigenvalue weighted by molar-refractivity contribution is -0.123. The number of nitrogens with zero attached hydrogens (tertiary/aromatic N) is 1. The second-order valence-electron chi connectivity index (χ2n) is 6.49. The number of rotatable bonds is 7. The molecule has 6 nitrogen and oxygen atoms in total. The summed E-state index contributed by atoms with van der Waals surface area (Å²) in [6, 6.07) is 13.2. The Labute approximate surface area is 151 Å². The fourth-order valence-corrected chi connectivity index (χ4v) is 3.08. The molecule has 0 atom stereocenters. The predicted octanol–water partition coefficient (Wildman–Crippen LogP) is 3.33. The van der Waals surface area contributed by atoms with E-state index in [0.717, 1.165) is 30.6 Å². The van der Waals surface area contributed by atoms with E-state index in [1.54, 1.807) is 31.6 Å². The molecule has 26 heavy (non-hydrogen) atoms. The maximum absolute atomic E-state index is 12.7. The number of furan rings is 1. The normalized spacial score (nSPS) is 14.8. The third-order valence-corrected chi connectivity index (χ3v) is 4.78. The summed E-state index contributed by atoms with van der Waals surface area (Å²) >= 11 is 0. The number of hydrogen-bond acceptors (Lipinski definition) is 5. The van der Waals surface area contributed by atoms with Gasteiger partial charge in [-0.05, 0) is 49.1 Å². The van der Waals surface area contributed by atoms with Crippen LogP contribution in [0.1, 0.15) is 24.1 Å². The lowest BCUT2D eigenvalue weighted by Gasteiger charge is -2.12. The molecule has 0 bridgehead atoms. The van der Waals surface area contributed by atoms with Crippen molar-refractivity contribution in [2.24, 2.45) is 0 Å². The van der Waals surface area contributed by atoms with E-state index in [0.29, 0.717) is 23.8 Å². The minimum absolute atomic E-state index is 0.000286. The highest BCUT2D eigenvalue weighted by molar-refractivity contribution is 5.90. The summed E-state index contributed by atoms with van der Waals surface area (Å²) in [5.74, 6) is 1.97. The molecule has 1 N–H and O–H groups in total. The van der Waals surface area contributed by atoms with Crippen molar-refractivity contribution >= 4 is 5.91 Å². The molecule has 2 heterocycles. The number of carbonyl (C=O) groups excluding carboxylic acids is 1. The standard InChI is InChI=1S/C20H20N2O4/c1-24-15-5-2-4-14(12-15)7-10-21-19(23)20(8-9-20)18-13-17(26-22-18)16-6-3-11-25-16/h2-6,11-13H,7-10H2,1H3,(H,21,23). The van der Waals surface area contributed by atoms with Gasteiger partial charge >= 0.3 is 0 Å². The summed E-state index contributed by atoms with van der Waals surface area (Å²) in [5.41, 5.74) is 1.22. The number of methoxy groups -OCH3 is 1. The van der Waals surface area contributed by atoms with Crippen molar-refractivity contribution in [2.45, 2.75) is 24.7 Å². The molecular weight excluding hydrogens is 332 g/mol. The van der Waals surface area contributed by atoms with Gasteiger partial charge in [0.25, 0.3) is 0 Å². The zero-order valence-corrected chi connectivity index (χ0v) is 14.5. The first-order valence-electron chi connectivity index (χ1n) is 8.63. The molecule has 0 aliphatic heterocycles. The minimum atomic E-state index is -0.567. The molecule has 4 rings (SSSR count). The Hall–Kier alpha value is -3.02. The Morgan fingerprint density at radius 2 is 2.12 bits per heavy atom. The Balaban J connectivity index is 1.38. The van der Waals surface area contributed by atoms with Crippen LogP contribution < -0.4 is 10.1 Å². The third kappa shape index (κ3) is 3.10. The fraction of sp³-hybridized carbons (Fsp3) is 0.300. The second-order valence-corrected chi connectivity index (χ2v) is 6.49. The van der Waals surface area contributed by atoms with Crippen molar-refractivity contribution < 1.29 is 18.5 Å². The zero-order chi connectivity index (χ0) is 18.0. The van der Waals surface area contributed by atoms with Gasteiger partial charge in [0.15, 0.2) is 5.76 Å². The van der Waals surface area contributed by atoms with Crippen LogP contribution >= 0.6 is 0 Å². The Kier molecular flexibility index (Phi) is 4.24.